The van der Waals surface area contributed by atoms with Crippen LogP contribution in [0, 0.1) is 63.6 Å². The van der Waals surface area contributed by atoms with E-state index < -0.39 is 98.7 Å². The lowest BCUT2D eigenvalue weighted by Crippen LogP contribution is -2.69. The molecule has 0 aromatic heterocycles. The second-order valence-electron chi connectivity index (χ2n) is 20.2. The first kappa shape index (κ1) is 41.6. The van der Waals surface area contributed by atoms with Gasteiger partial charge >= 0.3 is 5.97 Å². The number of Topliss-reactive ketones (excluding diaryl/α,β-unsaturated/α-hetero) is 2. The van der Waals surface area contributed by atoms with Gasteiger partial charge in [-0.1, -0.05) is 51.0 Å². The Hall–Kier alpha value is -3.16. The first-order chi connectivity index (χ1) is 27.0. The molecule has 6 N–H and O–H groups in total. The fraction of sp³-hybridized carbons (Fsp3) is 0.696. The number of hydrogen-bond donors (Lipinski definition) is 5. The van der Waals surface area contributed by atoms with Crippen LogP contribution < -0.4 is 5.73 Å². The number of alkyl halides is 1. The van der Waals surface area contributed by atoms with Gasteiger partial charge in [0.1, 0.15) is 17.2 Å². The number of carbonyl (C=O) groups excluding carboxylic acids is 5. The minimum absolute atomic E-state index is 0.0219. The molecule has 0 heterocycles. The average molecular weight is 805 g/mol. The molecular weight excluding hydrogens is 746 g/mol. The normalized spacial score (nSPS) is 49.3. The Balaban J connectivity index is 0.904. The van der Waals surface area contributed by atoms with Crippen LogP contribution in [0.3, 0.4) is 0 Å². The Labute approximate surface area is 339 Å². The molecule has 11 nitrogen and oxygen atoms in total. The second kappa shape index (κ2) is 13.4. The summed E-state index contributed by atoms with van der Waals surface area (Å²) >= 11 is 0. The summed E-state index contributed by atoms with van der Waals surface area (Å²) in [5.74, 6) is -4.67. The summed E-state index contributed by atoms with van der Waals surface area (Å²) in [6, 6.07) is -1.36. The molecule has 0 spiro atoms. The maximum atomic E-state index is 17.5. The predicted octanol–water partition coefficient (Wildman–Crippen LogP) is 3.95. The fourth-order valence-corrected chi connectivity index (χ4v) is 14.7. The summed E-state index contributed by atoms with van der Waals surface area (Å²) in [6.45, 7) is 8.21. The number of rotatable bonds is 8. The van der Waals surface area contributed by atoms with E-state index in [-0.39, 0.29) is 55.0 Å². The van der Waals surface area contributed by atoms with E-state index in [1.807, 2.05) is 13.0 Å². The van der Waals surface area contributed by atoms with Gasteiger partial charge in [0, 0.05) is 39.9 Å². The van der Waals surface area contributed by atoms with Gasteiger partial charge in [0.2, 0.25) is 5.78 Å². The average Bonchev–Trinajstić information content (AvgIpc) is 3.55. The zero-order chi connectivity index (χ0) is 42.2. The lowest BCUT2D eigenvalue weighted by atomic mass is 9.44. The molecule has 6 fully saturated rings. The molecule has 58 heavy (non-hydrogen) atoms. The highest BCUT2D eigenvalue weighted by Gasteiger charge is 2.76. The highest BCUT2D eigenvalue weighted by molar-refractivity contribution is 6.02. The number of carbonyl (C=O) groups is 5. The van der Waals surface area contributed by atoms with E-state index in [4.69, 9.17) is 10.5 Å². The van der Waals surface area contributed by atoms with Crippen molar-refractivity contribution in [3.8, 4) is 0 Å². The van der Waals surface area contributed by atoms with Crippen LogP contribution in [-0.4, -0.2) is 91.3 Å². The molecule has 0 aliphatic heterocycles. The highest BCUT2D eigenvalue weighted by Crippen LogP contribution is 2.71. The van der Waals surface area contributed by atoms with Gasteiger partial charge in [-0.25, -0.2) is 4.39 Å². The van der Waals surface area contributed by atoms with Crippen molar-refractivity contribution in [2.75, 3.05) is 6.61 Å². The van der Waals surface area contributed by atoms with E-state index in [0.29, 0.717) is 37.7 Å². The third-order valence-corrected chi connectivity index (χ3v) is 17.9. The largest absolute Gasteiger partial charge is 0.456 e. The smallest absolute Gasteiger partial charge is 0.323 e. The molecular formula is C46H59FNO10. The van der Waals surface area contributed by atoms with Crippen LogP contribution in [0.4, 0.5) is 4.39 Å². The zero-order valence-electron chi connectivity index (χ0n) is 34.2. The third-order valence-electron chi connectivity index (χ3n) is 17.9. The quantitative estimate of drug-likeness (QED) is 0.223. The zero-order valence-corrected chi connectivity index (χ0v) is 34.2. The molecule has 8 unspecified atom stereocenters. The first-order valence-electron chi connectivity index (χ1n) is 21.2. The van der Waals surface area contributed by atoms with Gasteiger partial charge in [0.05, 0.1) is 12.2 Å². The fourth-order valence-electron chi connectivity index (χ4n) is 14.7. The van der Waals surface area contributed by atoms with Gasteiger partial charge in [-0.3, -0.25) is 24.0 Å². The number of ketones is 4. The molecule has 0 saturated heterocycles. The molecule has 0 bridgehead atoms. The summed E-state index contributed by atoms with van der Waals surface area (Å²) in [5.41, 5.74) is -2.06. The number of hydrogen-bond acceptors (Lipinski definition) is 11. The van der Waals surface area contributed by atoms with E-state index in [2.05, 4.69) is 6.92 Å². The Morgan fingerprint density at radius 3 is 2.28 bits per heavy atom. The van der Waals surface area contributed by atoms with E-state index in [0.717, 1.165) is 12.0 Å². The third kappa shape index (κ3) is 5.29. The minimum atomic E-state index is -2.13. The number of allylic oxidation sites excluding steroid dienone is 8. The Kier molecular flexibility index (Phi) is 9.62. The molecule has 8 aliphatic carbocycles. The Morgan fingerprint density at radius 1 is 0.914 bits per heavy atom. The van der Waals surface area contributed by atoms with Crippen molar-refractivity contribution in [2.24, 2.45) is 62.9 Å². The van der Waals surface area contributed by atoms with Gasteiger partial charge in [0.25, 0.3) is 0 Å². The van der Waals surface area contributed by atoms with Crippen LogP contribution in [0.2, 0.25) is 0 Å². The molecule has 315 valence electrons. The molecule has 0 amide bonds. The number of aliphatic hydroxyl groups is 4. The number of nitrogens with two attached hydrogens (primary N) is 1. The van der Waals surface area contributed by atoms with Crippen LogP contribution >= 0.6 is 0 Å². The summed E-state index contributed by atoms with van der Waals surface area (Å²) in [4.78, 5) is 65.4. The maximum absolute atomic E-state index is 17.5. The molecule has 12 heteroatoms. The van der Waals surface area contributed by atoms with Crippen LogP contribution in [0.15, 0.2) is 47.6 Å². The van der Waals surface area contributed by atoms with Crippen molar-refractivity contribution >= 4 is 29.1 Å². The van der Waals surface area contributed by atoms with Crippen molar-refractivity contribution < 1.29 is 53.5 Å². The number of ether oxygens (including phenoxy) is 1. The Bertz CT molecular complexity index is 1970. The van der Waals surface area contributed by atoms with Crippen LogP contribution in [0.1, 0.15) is 98.8 Å². The monoisotopic (exact) mass is 804 g/mol. The van der Waals surface area contributed by atoms with Gasteiger partial charge in [0.15, 0.2) is 29.6 Å². The van der Waals surface area contributed by atoms with Gasteiger partial charge in [-0.05, 0) is 119 Å². The lowest BCUT2D eigenvalue weighted by Gasteiger charge is -2.62. The summed E-state index contributed by atoms with van der Waals surface area (Å²) in [5, 5.41) is 47.7. The molecule has 8 aliphatic rings. The van der Waals surface area contributed by atoms with E-state index >= 15 is 4.39 Å². The molecule has 8 rings (SSSR count). The predicted molar refractivity (Wildman–Crippen MR) is 209 cm³/mol. The van der Waals surface area contributed by atoms with Crippen molar-refractivity contribution in [3.05, 3.63) is 54.0 Å². The summed E-state index contributed by atoms with van der Waals surface area (Å²) < 4.78 is 22.9. The lowest BCUT2D eigenvalue weighted by molar-refractivity contribution is -0.220. The Morgan fingerprint density at radius 2 is 1.57 bits per heavy atom. The molecule has 0 aromatic rings. The van der Waals surface area contributed by atoms with Crippen LogP contribution in [0.25, 0.3) is 0 Å². The highest BCUT2D eigenvalue weighted by atomic mass is 19.1. The van der Waals surface area contributed by atoms with E-state index in [1.165, 1.54) is 18.6 Å². The summed E-state index contributed by atoms with van der Waals surface area (Å²) in [6.07, 6.45) is 11.3. The van der Waals surface area contributed by atoms with E-state index in [1.54, 1.807) is 39.0 Å². The molecule has 0 aromatic carbocycles. The van der Waals surface area contributed by atoms with Crippen LogP contribution in [-0.2, 0) is 28.7 Å². The molecule has 1 radical (unpaired) electrons. The maximum Gasteiger partial charge on any atom is 0.323 e. The summed E-state index contributed by atoms with van der Waals surface area (Å²) in [7, 11) is 0. The van der Waals surface area contributed by atoms with E-state index in [9.17, 15) is 44.4 Å². The molecule has 16 atom stereocenters. The van der Waals surface area contributed by atoms with Crippen molar-refractivity contribution in [1.29, 1.82) is 0 Å². The number of aliphatic hydroxyl groups excluding tert-OH is 2. The number of fused-ring (bicyclic) bond motifs is 10. The van der Waals surface area contributed by atoms with Crippen molar-refractivity contribution in [3.63, 3.8) is 0 Å². The van der Waals surface area contributed by atoms with Gasteiger partial charge in [-0.2, -0.15) is 0 Å². The van der Waals surface area contributed by atoms with Crippen molar-refractivity contribution in [2.45, 2.75) is 134 Å². The SMILES string of the molecule is C[C@@H]1CC2C3CCC4=CC(=O)C=CC4(C)[C@@]3(F)C(O)C[C@]2(C)[C@@]1(O)C(=O)COC(=O)C(N)C[CH]C(=O)[C@@]1(O)CCC2C3CCC4=CC(=O)C=C[C@]4(C)C3[C@@H](O)C[C@@]21C. The number of esters is 1. The van der Waals surface area contributed by atoms with Gasteiger partial charge < -0.3 is 30.9 Å². The van der Waals surface area contributed by atoms with Gasteiger partial charge in [-0.15, -0.1) is 0 Å². The first-order valence-corrected chi connectivity index (χ1v) is 21.2. The van der Waals surface area contributed by atoms with Crippen molar-refractivity contribution in [1.82, 2.24) is 0 Å². The topological polar surface area (TPSA) is 202 Å². The second-order valence-corrected chi connectivity index (χ2v) is 20.2. The number of halogens is 1. The standard InChI is InChI=1S/C46H59FNO10/c1-24-18-32-31-9-7-26-20-28(50)13-16-41(26,3)45(31,47)36(53)22-43(32,5)46(24,57)37(54)23-58-39(55)33(48)10-11-35(52)44(56)17-14-30-29-8-6-25-19-27(49)12-15-40(25,2)38(29)34(51)21-42(30,44)4/h11-13,15-16,19-20,24,29-34,36,38,51,53,56-57H,6-10,14,17-18,21-23,48H2,1-5H3/t24-,29?,30?,31?,32?,33?,34+,36?,38?,40+,41?,42+,43+,44+,45+,46+/m1/s1. The molecule has 6 saturated carbocycles. The minimum Gasteiger partial charge on any atom is -0.456 e. The van der Waals surface area contributed by atoms with Crippen LogP contribution in [0.5, 0.6) is 0 Å².